The third kappa shape index (κ3) is 3.93. The van der Waals surface area contributed by atoms with Gasteiger partial charge in [0.15, 0.2) is 0 Å². The number of nitrogens with one attached hydrogen (secondary N) is 1. The molecule has 0 aromatic heterocycles. The van der Waals surface area contributed by atoms with Crippen molar-refractivity contribution in [3.8, 4) is 0 Å². The molecule has 1 unspecified atom stereocenters. The van der Waals surface area contributed by atoms with Crippen LogP contribution in [0.1, 0.15) is 30.5 Å². The minimum absolute atomic E-state index is 0.227. The van der Waals surface area contributed by atoms with E-state index in [1.807, 2.05) is 43.3 Å². The topological polar surface area (TPSA) is 46.2 Å². The Morgan fingerprint density at radius 3 is 2.43 bits per heavy atom. The summed E-state index contributed by atoms with van der Waals surface area (Å²) in [6.45, 7) is 3.76. The molecule has 2 aromatic rings. The first-order chi connectivity index (χ1) is 9.94. The Balaban J connectivity index is 2.34. The van der Waals surface area contributed by atoms with E-state index in [0.29, 0.717) is 11.3 Å². The number of sulfonamides is 1. The van der Waals surface area contributed by atoms with Gasteiger partial charge in [-0.1, -0.05) is 59.3 Å². The van der Waals surface area contributed by atoms with E-state index in [4.69, 9.17) is 0 Å². The molecule has 3 nitrogen and oxygen atoms in total. The molecule has 1 N–H and O–H groups in total. The van der Waals surface area contributed by atoms with E-state index in [-0.39, 0.29) is 6.04 Å². The first kappa shape index (κ1) is 16.2. The van der Waals surface area contributed by atoms with Crippen molar-refractivity contribution in [3.63, 3.8) is 0 Å². The van der Waals surface area contributed by atoms with Crippen molar-refractivity contribution >= 4 is 26.0 Å². The van der Waals surface area contributed by atoms with Crippen molar-refractivity contribution in [1.29, 1.82) is 0 Å². The monoisotopic (exact) mass is 367 g/mol. The summed E-state index contributed by atoms with van der Waals surface area (Å²) in [5.74, 6) is 0. The zero-order valence-corrected chi connectivity index (χ0v) is 14.4. The largest absolute Gasteiger partial charge is 0.241 e. The standard InChI is InChI=1S/C16H18BrNO2S/c1-3-15(13-7-5-4-6-8-13)18-21(19,20)16-11-14(17)10-9-12(16)2/h4-11,15,18H,3H2,1-2H3. The fourth-order valence-corrected chi connectivity index (χ4v) is 4.28. The summed E-state index contributed by atoms with van der Waals surface area (Å²) in [6.07, 6.45) is 0.691. The minimum Gasteiger partial charge on any atom is -0.207 e. The van der Waals surface area contributed by atoms with Crippen LogP contribution in [-0.4, -0.2) is 8.42 Å². The van der Waals surface area contributed by atoms with Gasteiger partial charge in [0.05, 0.1) is 4.90 Å². The van der Waals surface area contributed by atoms with Gasteiger partial charge in [0.1, 0.15) is 0 Å². The highest BCUT2D eigenvalue weighted by atomic mass is 79.9. The van der Waals surface area contributed by atoms with Gasteiger partial charge in [-0.2, -0.15) is 0 Å². The molecule has 5 heteroatoms. The lowest BCUT2D eigenvalue weighted by Gasteiger charge is -2.18. The first-order valence-corrected chi connectivity index (χ1v) is 9.05. The molecule has 0 spiro atoms. The van der Waals surface area contributed by atoms with E-state index in [0.717, 1.165) is 15.6 Å². The average Bonchev–Trinajstić information content (AvgIpc) is 2.48. The van der Waals surface area contributed by atoms with Crippen molar-refractivity contribution in [3.05, 3.63) is 64.1 Å². The zero-order chi connectivity index (χ0) is 15.5. The van der Waals surface area contributed by atoms with Crippen LogP contribution in [0.4, 0.5) is 0 Å². The van der Waals surface area contributed by atoms with Gasteiger partial charge in [-0.25, -0.2) is 13.1 Å². The molecule has 21 heavy (non-hydrogen) atoms. The Bertz CT molecular complexity index is 714. The molecular weight excluding hydrogens is 350 g/mol. The summed E-state index contributed by atoms with van der Waals surface area (Å²) in [5, 5.41) is 0. The number of hydrogen-bond acceptors (Lipinski definition) is 2. The summed E-state index contributed by atoms with van der Waals surface area (Å²) in [4.78, 5) is 0.311. The van der Waals surface area contributed by atoms with E-state index < -0.39 is 10.0 Å². The molecule has 0 heterocycles. The summed E-state index contributed by atoms with van der Waals surface area (Å²) in [7, 11) is -3.55. The maximum atomic E-state index is 12.6. The second-order valence-electron chi connectivity index (χ2n) is 4.90. The molecule has 112 valence electrons. The van der Waals surface area contributed by atoms with Crippen molar-refractivity contribution in [2.24, 2.45) is 0 Å². The molecular formula is C16H18BrNO2S. The lowest BCUT2D eigenvalue weighted by Crippen LogP contribution is -2.28. The Morgan fingerprint density at radius 2 is 1.81 bits per heavy atom. The summed E-state index contributed by atoms with van der Waals surface area (Å²) in [5.41, 5.74) is 1.70. The third-order valence-electron chi connectivity index (χ3n) is 3.35. The van der Waals surface area contributed by atoms with Crippen LogP contribution in [0.3, 0.4) is 0 Å². The normalized spacial score (nSPS) is 13.1. The number of benzene rings is 2. The highest BCUT2D eigenvalue weighted by Crippen LogP contribution is 2.24. The van der Waals surface area contributed by atoms with Gasteiger partial charge in [-0.3, -0.25) is 0 Å². The molecule has 0 aliphatic carbocycles. The van der Waals surface area contributed by atoms with Crippen LogP contribution in [0, 0.1) is 6.92 Å². The molecule has 2 aromatic carbocycles. The van der Waals surface area contributed by atoms with Crippen molar-refractivity contribution in [2.75, 3.05) is 0 Å². The van der Waals surface area contributed by atoms with Crippen LogP contribution in [0.15, 0.2) is 57.9 Å². The SMILES string of the molecule is CCC(NS(=O)(=O)c1cc(Br)ccc1C)c1ccccc1. The van der Waals surface area contributed by atoms with Crippen molar-refractivity contribution < 1.29 is 8.42 Å². The lowest BCUT2D eigenvalue weighted by molar-refractivity contribution is 0.549. The van der Waals surface area contributed by atoms with E-state index >= 15 is 0 Å². The van der Waals surface area contributed by atoms with Gasteiger partial charge in [0.25, 0.3) is 0 Å². The molecule has 0 saturated carbocycles. The lowest BCUT2D eigenvalue weighted by atomic mass is 10.1. The predicted molar refractivity (Wildman–Crippen MR) is 88.7 cm³/mol. The van der Waals surface area contributed by atoms with Gasteiger partial charge in [0, 0.05) is 10.5 Å². The second kappa shape index (κ2) is 6.73. The number of halogens is 1. The maximum absolute atomic E-state index is 12.6. The van der Waals surface area contributed by atoms with E-state index in [2.05, 4.69) is 20.7 Å². The Kier molecular flexibility index (Phi) is 5.19. The number of aryl methyl sites for hydroxylation is 1. The van der Waals surface area contributed by atoms with Crippen LogP contribution in [-0.2, 0) is 10.0 Å². The molecule has 0 fully saturated rings. The highest BCUT2D eigenvalue weighted by molar-refractivity contribution is 9.10. The molecule has 0 amide bonds. The van der Waals surface area contributed by atoms with Crippen LogP contribution < -0.4 is 4.72 Å². The Labute approximate surface area is 134 Å². The summed E-state index contributed by atoms with van der Waals surface area (Å²) < 4.78 is 28.8. The van der Waals surface area contributed by atoms with E-state index in [1.54, 1.807) is 19.1 Å². The molecule has 0 aliphatic rings. The fourth-order valence-electron chi connectivity index (χ4n) is 2.19. The molecule has 1 atom stereocenters. The van der Waals surface area contributed by atoms with Crippen molar-refractivity contribution in [2.45, 2.75) is 31.2 Å². The van der Waals surface area contributed by atoms with Gasteiger partial charge in [-0.15, -0.1) is 0 Å². The van der Waals surface area contributed by atoms with Crippen molar-refractivity contribution in [1.82, 2.24) is 4.72 Å². The summed E-state index contributed by atoms with van der Waals surface area (Å²) >= 11 is 3.32. The molecule has 0 aliphatic heterocycles. The van der Waals surface area contributed by atoms with Gasteiger partial charge in [-0.05, 0) is 36.6 Å². The van der Waals surface area contributed by atoms with E-state index in [1.165, 1.54) is 0 Å². The predicted octanol–water partition coefficient (Wildman–Crippen LogP) is 4.19. The minimum atomic E-state index is -3.55. The quantitative estimate of drug-likeness (QED) is 0.860. The number of rotatable bonds is 5. The van der Waals surface area contributed by atoms with Crippen LogP contribution in [0.2, 0.25) is 0 Å². The van der Waals surface area contributed by atoms with Gasteiger partial charge >= 0.3 is 0 Å². The molecule has 0 radical (unpaired) electrons. The molecule has 2 rings (SSSR count). The van der Waals surface area contributed by atoms with Gasteiger partial charge < -0.3 is 0 Å². The number of hydrogen-bond donors (Lipinski definition) is 1. The summed E-state index contributed by atoms with van der Waals surface area (Å²) in [6, 6.07) is 14.7. The molecule has 0 bridgehead atoms. The molecule has 0 saturated heterocycles. The fraction of sp³-hybridized carbons (Fsp3) is 0.250. The third-order valence-corrected chi connectivity index (χ3v) is 5.45. The van der Waals surface area contributed by atoms with E-state index in [9.17, 15) is 8.42 Å². The Hall–Kier alpha value is -1.17. The Morgan fingerprint density at radius 1 is 1.14 bits per heavy atom. The zero-order valence-electron chi connectivity index (χ0n) is 12.0. The smallest absolute Gasteiger partial charge is 0.207 e. The van der Waals surface area contributed by atoms with Crippen LogP contribution >= 0.6 is 15.9 Å². The van der Waals surface area contributed by atoms with Gasteiger partial charge in [0.2, 0.25) is 10.0 Å². The maximum Gasteiger partial charge on any atom is 0.241 e. The van der Waals surface area contributed by atoms with Crippen LogP contribution in [0.25, 0.3) is 0 Å². The first-order valence-electron chi connectivity index (χ1n) is 6.77. The van der Waals surface area contributed by atoms with Crippen LogP contribution in [0.5, 0.6) is 0 Å². The highest BCUT2D eigenvalue weighted by Gasteiger charge is 2.22. The average molecular weight is 368 g/mol. The second-order valence-corrected chi connectivity index (χ2v) is 7.50.